The van der Waals surface area contributed by atoms with E-state index in [1.807, 2.05) is 7.05 Å². The predicted molar refractivity (Wildman–Crippen MR) is 99.5 cm³/mol. The number of hydrogen-bond donors (Lipinski definition) is 2. The lowest BCUT2D eigenvalue weighted by Gasteiger charge is -2.22. The van der Waals surface area contributed by atoms with Crippen LogP contribution in [-0.4, -0.2) is 30.3 Å². The molecule has 0 atom stereocenters. The van der Waals surface area contributed by atoms with Crippen LogP contribution in [0.15, 0.2) is 24.3 Å². The number of rotatable bonds is 3. The molecule has 0 aliphatic carbocycles. The lowest BCUT2D eigenvalue weighted by molar-refractivity contribution is -0.137. The maximum Gasteiger partial charge on any atom is 0.416 e. The van der Waals surface area contributed by atoms with E-state index >= 15 is 0 Å². The average molecular weight is 420 g/mol. The second-order valence-electron chi connectivity index (χ2n) is 6.09. The van der Waals surface area contributed by atoms with Gasteiger partial charge in [-0.15, -0.1) is 23.7 Å². The first-order valence-corrected chi connectivity index (χ1v) is 8.60. The highest BCUT2D eigenvalue weighted by molar-refractivity contribution is 7.17. The fourth-order valence-corrected chi connectivity index (χ4v) is 4.22. The number of benzene rings is 1. The van der Waals surface area contributed by atoms with Crippen molar-refractivity contribution in [3.05, 3.63) is 51.4 Å². The molecule has 2 heterocycles. The molecule has 0 radical (unpaired) electrons. The van der Waals surface area contributed by atoms with Gasteiger partial charge in [-0.2, -0.15) is 13.2 Å². The molecule has 27 heavy (non-hydrogen) atoms. The predicted octanol–water partition coefficient (Wildman–Crippen LogP) is 3.53. The molecule has 0 saturated carbocycles. The zero-order chi connectivity index (χ0) is 19.1. The van der Waals surface area contributed by atoms with Gasteiger partial charge in [0.15, 0.2) is 0 Å². The Morgan fingerprint density at radius 3 is 2.63 bits per heavy atom. The number of amides is 2. The minimum absolute atomic E-state index is 0. The zero-order valence-corrected chi connectivity index (χ0v) is 15.9. The van der Waals surface area contributed by atoms with Crippen LogP contribution >= 0.6 is 23.7 Å². The fraction of sp³-hybridized carbons (Fsp3) is 0.294. The molecule has 146 valence electrons. The number of likely N-dealkylation sites (N-methyl/N-ethyl adjacent to an activating group) is 1. The van der Waals surface area contributed by atoms with Crippen molar-refractivity contribution >= 4 is 40.6 Å². The second-order valence-corrected chi connectivity index (χ2v) is 7.20. The van der Waals surface area contributed by atoms with Gasteiger partial charge in [0.2, 0.25) is 0 Å². The Labute approximate surface area is 163 Å². The molecular formula is C17H17ClF3N3O2S. The average Bonchev–Trinajstić information content (AvgIpc) is 2.91. The minimum Gasteiger partial charge on any atom is -0.365 e. The molecule has 0 saturated heterocycles. The summed E-state index contributed by atoms with van der Waals surface area (Å²) in [6.07, 6.45) is -3.92. The van der Waals surface area contributed by atoms with Crippen molar-refractivity contribution in [3.8, 4) is 0 Å². The topological polar surface area (TPSA) is 75.4 Å². The smallest absolute Gasteiger partial charge is 0.365 e. The summed E-state index contributed by atoms with van der Waals surface area (Å²) in [4.78, 5) is 27.3. The third-order valence-electron chi connectivity index (χ3n) is 4.17. The normalized spacial score (nSPS) is 14.2. The first kappa shape index (κ1) is 21.2. The summed E-state index contributed by atoms with van der Waals surface area (Å²) in [7, 11) is 1.94. The van der Waals surface area contributed by atoms with Gasteiger partial charge in [-0.25, -0.2) is 0 Å². The van der Waals surface area contributed by atoms with Crippen molar-refractivity contribution in [2.24, 2.45) is 5.73 Å². The Balaban J connectivity index is 0.00000261. The van der Waals surface area contributed by atoms with Crippen molar-refractivity contribution < 1.29 is 22.8 Å². The molecule has 0 bridgehead atoms. The Bertz CT molecular complexity index is 883. The number of thiophene rings is 1. The van der Waals surface area contributed by atoms with Gasteiger partial charge in [0.1, 0.15) is 5.00 Å². The molecule has 1 aromatic carbocycles. The highest BCUT2D eigenvalue weighted by Gasteiger charge is 2.31. The Morgan fingerprint density at radius 2 is 2.00 bits per heavy atom. The molecule has 2 aromatic rings. The van der Waals surface area contributed by atoms with Crippen LogP contribution in [0.1, 0.15) is 36.7 Å². The molecule has 1 aliphatic heterocycles. The largest absolute Gasteiger partial charge is 0.416 e. The van der Waals surface area contributed by atoms with E-state index < -0.39 is 23.6 Å². The minimum atomic E-state index is -4.54. The molecule has 5 nitrogen and oxygen atoms in total. The molecule has 10 heteroatoms. The summed E-state index contributed by atoms with van der Waals surface area (Å²) in [5, 5.41) is 2.83. The number of anilines is 1. The van der Waals surface area contributed by atoms with Gasteiger partial charge in [0.05, 0.1) is 11.1 Å². The highest BCUT2D eigenvalue weighted by Crippen LogP contribution is 2.37. The Hall–Kier alpha value is -2.10. The third-order valence-corrected chi connectivity index (χ3v) is 5.31. The number of nitrogens with two attached hydrogens (primary N) is 1. The number of primary amides is 1. The number of carbonyl (C=O) groups excluding carboxylic acids is 2. The molecule has 3 N–H and O–H groups in total. The first-order valence-electron chi connectivity index (χ1n) is 7.78. The summed E-state index contributed by atoms with van der Waals surface area (Å²) in [6, 6.07) is 4.13. The summed E-state index contributed by atoms with van der Waals surface area (Å²) in [5.41, 5.74) is 5.47. The standard InChI is InChI=1S/C17H16F3N3O2S.ClH/c1-23-6-5-11-12(8-23)26-16(13(11)14(21)24)22-15(25)9-3-2-4-10(7-9)17(18,19)20;/h2-4,7H,5-6,8H2,1H3,(H2,21,24)(H,22,25);1H. The van der Waals surface area contributed by atoms with Gasteiger partial charge >= 0.3 is 6.18 Å². The second kappa shape index (κ2) is 7.87. The number of fused-ring (bicyclic) bond motifs is 1. The van der Waals surface area contributed by atoms with E-state index in [9.17, 15) is 22.8 Å². The molecule has 2 amide bonds. The lowest BCUT2D eigenvalue weighted by Crippen LogP contribution is -2.27. The summed E-state index contributed by atoms with van der Waals surface area (Å²) >= 11 is 1.23. The molecule has 1 aromatic heterocycles. The van der Waals surface area contributed by atoms with Crippen LogP contribution in [0.25, 0.3) is 0 Å². The number of halogens is 4. The SMILES string of the molecule is CN1CCc2c(sc(NC(=O)c3cccc(C(F)(F)F)c3)c2C(N)=O)C1.Cl. The molecule has 0 fully saturated rings. The zero-order valence-electron chi connectivity index (χ0n) is 14.2. The number of nitrogens with one attached hydrogen (secondary N) is 1. The van der Waals surface area contributed by atoms with Crippen LogP contribution in [0.3, 0.4) is 0 Å². The van der Waals surface area contributed by atoms with E-state index in [-0.39, 0.29) is 28.5 Å². The van der Waals surface area contributed by atoms with Crippen LogP contribution in [-0.2, 0) is 19.1 Å². The Kier molecular flexibility index (Phi) is 6.18. The summed E-state index contributed by atoms with van der Waals surface area (Å²) < 4.78 is 38.5. The van der Waals surface area contributed by atoms with Crippen molar-refractivity contribution in [3.63, 3.8) is 0 Å². The van der Waals surface area contributed by atoms with Crippen LogP contribution in [0, 0.1) is 0 Å². The lowest BCUT2D eigenvalue weighted by atomic mass is 10.0. The van der Waals surface area contributed by atoms with E-state index in [1.54, 1.807) is 0 Å². The summed E-state index contributed by atoms with van der Waals surface area (Å²) in [5.74, 6) is -1.38. The van der Waals surface area contributed by atoms with Crippen LogP contribution in [0.4, 0.5) is 18.2 Å². The van der Waals surface area contributed by atoms with Crippen molar-refractivity contribution in [2.75, 3.05) is 18.9 Å². The van der Waals surface area contributed by atoms with Crippen LogP contribution < -0.4 is 11.1 Å². The van der Waals surface area contributed by atoms with Gasteiger partial charge in [0, 0.05) is 23.5 Å². The highest BCUT2D eigenvalue weighted by atomic mass is 35.5. The van der Waals surface area contributed by atoms with Crippen LogP contribution in [0.5, 0.6) is 0 Å². The Morgan fingerprint density at radius 1 is 1.30 bits per heavy atom. The molecule has 0 unspecified atom stereocenters. The van der Waals surface area contributed by atoms with Gasteiger partial charge in [0.25, 0.3) is 11.8 Å². The van der Waals surface area contributed by atoms with Gasteiger partial charge in [-0.1, -0.05) is 6.07 Å². The number of alkyl halides is 3. The van der Waals surface area contributed by atoms with Gasteiger partial charge < -0.3 is 16.0 Å². The molecule has 1 aliphatic rings. The van der Waals surface area contributed by atoms with Crippen molar-refractivity contribution in [1.82, 2.24) is 4.90 Å². The van der Waals surface area contributed by atoms with E-state index in [1.165, 1.54) is 23.5 Å². The quantitative estimate of drug-likeness (QED) is 0.799. The monoisotopic (exact) mass is 419 g/mol. The van der Waals surface area contributed by atoms with E-state index in [0.29, 0.717) is 13.0 Å². The first-order chi connectivity index (χ1) is 12.2. The fourth-order valence-electron chi connectivity index (χ4n) is 2.89. The van der Waals surface area contributed by atoms with Crippen molar-refractivity contribution in [1.29, 1.82) is 0 Å². The maximum absolute atomic E-state index is 12.8. The number of hydrogen-bond acceptors (Lipinski definition) is 4. The van der Waals surface area contributed by atoms with Gasteiger partial charge in [-0.05, 0) is 37.2 Å². The molecule has 0 spiro atoms. The van der Waals surface area contributed by atoms with Crippen LogP contribution in [0.2, 0.25) is 0 Å². The molecular weight excluding hydrogens is 403 g/mol. The third kappa shape index (κ3) is 4.42. The number of carbonyl (C=O) groups is 2. The number of nitrogens with zero attached hydrogens (tertiary/aromatic N) is 1. The molecule has 3 rings (SSSR count). The van der Waals surface area contributed by atoms with Crippen molar-refractivity contribution in [2.45, 2.75) is 19.1 Å². The van der Waals surface area contributed by atoms with E-state index in [4.69, 9.17) is 5.73 Å². The van der Waals surface area contributed by atoms with E-state index in [2.05, 4.69) is 10.2 Å². The summed E-state index contributed by atoms with van der Waals surface area (Å²) in [6.45, 7) is 1.38. The maximum atomic E-state index is 12.8. The van der Waals surface area contributed by atoms with Gasteiger partial charge in [-0.3, -0.25) is 9.59 Å². The van der Waals surface area contributed by atoms with E-state index in [0.717, 1.165) is 29.1 Å².